The number of hydrogen-bond donors (Lipinski definition) is 3. The molecular weight excluding hydrogens is 560 g/mol. The summed E-state index contributed by atoms with van der Waals surface area (Å²) in [6, 6.07) is 0. The zero-order valence-corrected chi connectivity index (χ0v) is 26.8. The highest BCUT2D eigenvalue weighted by molar-refractivity contribution is 6.04. The van der Waals surface area contributed by atoms with Gasteiger partial charge in [0, 0.05) is 48.5 Å². The van der Waals surface area contributed by atoms with Crippen molar-refractivity contribution in [2.24, 2.45) is 29.1 Å². The molecule has 4 rings (SSSR count). The van der Waals surface area contributed by atoms with E-state index in [0.29, 0.717) is 11.1 Å². The summed E-state index contributed by atoms with van der Waals surface area (Å²) in [5.41, 5.74) is -4.98. The Balaban J connectivity index is 1.63. The molecule has 0 saturated heterocycles. The lowest BCUT2D eigenvalue weighted by Gasteiger charge is -2.53. The van der Waals surface area contributed by atoms with E-state index in [2.05, 4.69) is 13.0 Å². The predicted molar refractivity (Wildman–Crippen MR) is 167 cm³/mol. The van der Waals surface area contributed by atoms with Gasteiger partial charge in [-0.2, -0.15) is 0 Å². The largest absolute Gasteiger partial charge is 0.455 e. The number of fused-ring (bicyclic) bond motifs is 5. The number of ether oxygens (including phenoxy) is 2. The maximum atomic E-state index is 13.3. The molecule has 0 aromatic heterocycles. The molecule has 0 aromatic rings. The number of carbonyl (C=O) groups is 3. The standard InChI is InChI=1S/C36H48O8/c1-7-8-9-10-11-12-13-14-15-16-17-18-29(39)43-32-24(3)35(42)27(30-33(5,6)36(30,32)44-25(4)38)20-26(22-37)21-34(41)28(35)19-23(2)31(34)40/h11-20,24,27-28,30,32,37,41-42H,7-10,21-22H2,1-6H3/b12-11-,14-13-,16-15-,18-17-/t24-,27+,28+,30+,32-,34-,35-,36-/m1/s1. The first kappa shape index (κ1) is 33.8. The summed E-state index contributed by atoms with van der Waals surface area (Å²) >= 11 is 0. The number of aliphatic hydroxyl groups is 3. The van der Waals surface area contributed by atoms with Crippen LogP contribution < -0.4 is 0 Å². The molecule has 44 heavy (non-hydrogen) atoms. The molecule has 0 unspecified atom stereocenters. The molecule has 0 bridgehead atoms. The number of rotatable bonds is 11. The van der Waals surface area contributed by atoms with Crippen molar-refractivity contribution in [3.05, 3.63) is 71.9 Å². The van der Waals surface area contributed by atoms with Crippen LogP contribution in [-0.4, -0.2) is 62.6 Å². The van der Waals surface area contributed by atoms with Crippen LogP contribution in [0.3, 0.4) is 0 Å². The lowest BCUT2D eigenvalue weighted by molar-refractivity contribution is -0.226. The van der Waals surface area contributed by atoms with Crippen LogP contribution in [0.4, 0.5) is 0 Å². The number of carbonyl (C=O) groups excluding carboxylic acids is 3. The minimum Gasteiger partial charge on any atom is -0.455 e. The van der Waals surface area contributed by atoms with Crippen molar-refractivity contribution in [2.75, 3.05) is 6.61 Å². The van der Waals surface area contributed by atoms with Gasteiger partial charge in [0.15, 0.2) is 11.4 Å². The van der Waals surface area contributed by atoms with Gasteiger partial charge in [-0.1, -0.05) is 95.2 Å². The summed E-state index contributed by atoms with van der Waals surface area (Å²) in [4.78, 5) is 38.9. The lowest BCUT2D eigenvalue weighted by Crippen LogP contribution is -2.66. The molecule has 0 aromatic carbocycles. The van der Waals surface area contributed by atoms with Gasteiger partial charge in [0.25, 0.3) is 0 Å². The average Bonchev–Trinajstić information content (AvgIpc) is 3.38. The van der Waals surface area contributed by atoms with Crippen molar-refractivity contribution in [2.45, 2.75) is 96.6 Å². The summed E-state index contributed by atoms with van der Waals surface area (Å²) in [7, 11) is 0. The second-order valence-corrected chi connectivity index (χ2v) is 13.4. The Bertz CT molecular complexity index is 1330. The predicted octanol–water partition coefficient (Wildman–Crippen LogP) is 4.86. The minimum atomic E-state index is -1.96. The molecule has 4 aliphatic rings. The van der Waals surface area contributed by atoms with Gasteiger partial charge in [0.2, 0.25) is 0 Å². The molecule has 0 amide bonds. The van der Waals surface area contributed by atoms with E-state index in [-0.39, 0.29) is 6.42 Å². The number of hydrogen-bond acceptors (Lipinski definition) is 8. The minimum absolute atomic E-state index is 0.136. The number of aliphatic hydroxyl groups excluding tert-OH is 1. The van der Waals surface area contributed by atoms with Gasteiger partial charge in [-0.15, -0.1) is 0 Å². The smallest absolute Gasteiger partial charge is 0.331 e. The number of Topliss-reactive ketones (excluding diaryl/α,β-unsaturated/α-hetero) is 1. The summed E-state index contributed by atoms with van der Waals surface area (Å²) in [5.74, 6) is -4.84. The van der Waals surface area contributed by atoms with Gasteiger partial charge in [0.05, 0.1) is 12.2 Å². The lowest BCUT2D eigenvalue weighted by atomic mass is 9.59. The van der Waals surface area contributed by atoms with Crippen LogP contribution in [0.25, 0.3) is 0 Å². The molecule has 240 valence electrons. The molecule has 8 atom stereocenters. The number of allylic oxidation sites excluding steroid dienone is 7. The van der Waals surface area contributed by atoms with Crippen molar-refractivity contribution in [3.8, 4) is 0 Å². The van der Waals surface area contributed by atoms with Crippen LogP contribution in [0.5, 0.6) is 0 Å². The highest BCUT2D eigenvalue weighted by Crippen LogP contribution is 2.77. The molecule has 8 heteroatoms. The first-order chi connectivity index (χ1) is 20.7. The fourth-order valence-corrected chi connectivity index (χ4v) is 8.30. The monoisotopic (exact) mass is 608 g/mol. The summed E-state index contributed by atoms with van der Waals surface area (Å²) in [6.45, 7) is 10.2. The second-order valence-electron chi connectivity index (χ2n) is 13.4. The Morgan fingerprint density at radius 1 is 1.05 bits per heavy atom. The first-order valence-electron chi connectivity index (χ1n) is 15.8. The highest BCUT2D eigenvalue weighted by Gasteiger charge is 2.87. The van der Waals surface area contributed by atoms with Crippen molar-refractivity contribution >= 4 is 17.7 Å². The highest BCUT2D eigenvalue weighted by atomic mass is 16.6. The van der Waals surface area contributed by atoms with Crippen LogP contribution in [-0.2, 0) is 23.9 Å². The quantitative estimate of drug-likeness (QED) is 0.0997. The molecule has 0 heterocycles. The number of unbranched alkanes of at least 4 members (excludes halogenated alkanes) is 3. The second kappa shape index (κ2) is 12.7. The molecular formula is C36H48O8. The summed E-state index contributed by atoms with van der Waals surface area (Å²) < 4.78 is 12.1. The van der Waals surface area contributed by atoms with Crippen LogP contribution in [0.2, 0.25) is 0 Å². The van der Waals surface area contributed by atoms with Crippen LogP contribution >= 0.6 is 0 Å². The third-order valence-electron chi connectivity index (χ3n) is 10.4. The van der Waals surface area contributed by atoms with Crippen molar-refractivity contribution in [3.63, 3.8) is 0 Å². The topological polar surface area (TPSA) is 130 Å². The summed E-state index contributed by atoms with van der Waals surface area (Å²) in [6.07, 6.45) is 21.0. The van der Waals surface area contributed by atoms with Crippen LogP contribution in [0.1, 0.15) is 73.6 Å². The molecule has 0 spiro atoms. The maximum absolute atomic E-state index is 13.3. The molecule has 2 fully saturated rings. The van der Waals surface area contributed by atoms with E-state index >= 15 is 0 Å². The number of esters is 2. The molecule has 0 radical (unpaired) electrons. The Morgan fingerprint density at radius 2 is 1.70 bits per heavy atom. The van der Waals surface area contributed by atoms with Gasteiger partial charge in [0.1, 0.15) is 11.7 Å². The first-order valence-corrected chi connectivity index (χ1v) is 15.8. The fourth-order valence-electron chi connectivity index (χ4n) is 8.30. The van der Waals surface area contributed by atoms with Gasteiger partial charge < -0.3 is 24.8 Å². The summed E-state index contributed by atoms with van der Waals surface area (Å²) in [5, 5.41) is 34.7. The third-order valence-corrected chi connectivity index (χ3v) is 10.4. The molecule has 8 nitrogen and oxygen atoms in total. The van der Waals surface area contributed by atoms with Crippen molar-refractivity contribution in [1.82, 2.24) is 0 Å². The Morgan fingerprint density at radius 3 is 2.34 bits per heavy atom. The normalized spacial score (nSPS) is 37.5. The molecule has 2 saturated carbocycles. The van der Waals surface area contributed by atoms with E-state index in [0.717, 1.165) is 6.42 Å². The van der Waals surface area contributed by atoms with E-state index in [9.17, 15) is 29.7 Å². The van der Waals surface area contributed by atoms with Gasteiger partial charge >= 0.3 is 11.9 Å². The van der Waals surface area contributed by atoms with E-state index in [4.69, 9.17) is 9.47 Å². The molecule has 4 aliphatic carbocycles. The van der Waals surface area contributed by atoms with Gasteiger partial charge in [-0.05, 0) is 30.9 Å². The maximum Gasteiger partial charge on any atom is 0.331 e. The number of ketones is 1. The average molecular weight is 609 g/mol. The third kappa shape index (κ3) is 5.50. The fraction of sp³-hybridized carbons (Fsp3) is 0.583. The molecule has 0 aliphatic heterocycles. The van der Waals surface area contributed by atoms with Gasteiger partial charge in [-0.3, -0.25) is 9.59 Å². The Kier molecular flexibility index (Phi) is 9.79. The van der Waals surface area contributed by atoms with E-state index in [1.54, 1.807) is 44.2 Å². The van der Waals surface area contributed by atoms with E-state index < -0.39 is 76.3 Å². The van der Waals surface area contributed by atoms with Crippen molar-refractivity contribution in [1.29, 1.82) is 0 Å². The molecule has 3 N–H and O–H groups in total. The van der Waals surface area contributed by atoms with E-state index in [1.807, 2.05) is 32.1 Å². The Labute approximate surface area is 260 Å². The van der Waals surface area contributed by atoms with Crippen LogP contribution in [0, 0.1) is 29.1 Å². The van der Waals surface area contributed by atoms with E-state index in [1.165, 1.54) is 32.3 Å². The Hall–Kier alpha value is -3.07. The zero-order chi connectivity index (χ0) is 32.5. The van der Waals surface area contributed by atoms with Crippen LogP contribution in [0.15, 0.2) is 71.9 Å². The van der Waals surface area contributed by atoms with Crippen molar-refractivity contribution < 1.29 is 39.2 Å². The van der Waals surface area contributed by atoms with Gasteiger partial charge in [-0.25, -0.2) is 4.79 Å². The SMILES string of the molecule is CCCCC\C=C/C=C\C=C/C=C\C(=O)O[C@@H]1[C@@H](C)[C@]2(O)[C@H]3C=C(C)C(=O)[C@@]3(O)CC(CO)=C[C@H]2[C@H]2C(C)(C)[C@]12OC(C)=O. The zero-order valence-electron chi connectivity index (χ0n) is 26.8.